The number of furan rings is 1. The van der Waals surface area contributed by atoms with Gasteiger partial charge in [-0.3, -0.25) is 4.79 Å². The molecule has 1 aliphatic carbocycles. The number of benzene rings is 2. The summed E-state index contributed by atoms with van der Waals surface area (Å²) < 4.78 is 24.2. The summed E-state index contributed by atoms with van der Waals surface area (Å²) in [5, 5.41) is 1.12. The lowest BCUT2D eigenvalue weighted by atomic mass is 10.0. The third kappa shape index (κ3) is 4.11. The van der Waals surface area contributed by atoms with Gasteiger partial charge in [0.05, 0.1) is 12.5 Å². The van der Waals surface area contributed by atoms with Crippen molar-refractivity contribution < 1.29 is 18.3 Å². The van der Waals surface area contributed by atoms with Crippen LogP contribution in [-0.2, 0) is 22.4 Å². The molecule has 1 aliphatic rings. The number of fused-ring (bicyclic) bond motifs is 1. The summed E-state index contributed by atoms with van der Waals surface area (Å²) in [4.78, 5) is 12.0. The Morgan fingerprint density at radius 1 is 1.14 bits per heavy atom. The fraction of sp³-hybridized carbons (Fsp3) is 0.375. The molecule has 1 heterocycles. The highest BCUT2D eigenvalue weighted by molar-refractivity contribution is 5.85. The fourth-order valence-electron chi connectivity index (χ4n) is 3.91. The van der Waals surface area contributed by atoms with Crippen molar-refractivity contribution in [3.63, 3.8) is 0 Å². The van der Waals surface area contributed by atoms with Gasteiger partial charge in [0.1, 0.15) is 17.2 Å². The topological polar surface area (TPSA) is 39.4 Å². The molecule has 2 aromatic carbocycles. The van der Waals surface area contributed by atoms with E-state index in [0.717, 1.165) is 54.4 Å². The van der Waals surface area contributed by atoms with Gasteiger partial charge in [0.15, 0.2) is 0 Å². The quantitative estimate of drug-likeness (QED) is 0.366. The summed E-state index contributed by atoms with van der Waals surface area (Å²) in [6.07, 6.45) is 4.72. The van der Waals surface area contributed by atoms with Crippen LogP contribution >= 0.6 is 0 Å². The minimum atomic E-state index is -0.192. The molecule has 0 spiro atoms. The zero-order chi connectivity index (χ0) is 19.5. The Bertz CT molecular complexity index is 958. The molecule has 0 aliphatic heterocycles. The lowest BCUT2D eigenvalue weighted by molar-refractivity contribution is -0.144. The van der Waals surface area contributed by atoms with Crippen LogP contribution in [0.25, 0.3) is 11.0 Å². The summed E-state index contributed by atoms with van der Waals surface area (Å²) in [6.45, 7) is 2.27. The van der Waals surface area contributed by atoms with Crippen LogP contribution < -0.4 is 0 Å². The standard InChI is InChI=1S/C24H25FO3/c1-2-27-24(26)22-15-20(22)19-8-5-9-23-21(19)14-18(28-23)7-4-3-6-16-10-12-17(25)13-11-16/h5,8-14,20,22H,2-4,6-7,15H2,1H3/t20-,22+/m0/s1. The second-order valence-corrected chi connectivity index (χ2v) is 7.51. The lowest BCUT2D eigenvalue weighted by Gasteiger charge is -2.02. The van der Waals surface area contributed by atoms with E-state index in [4.69, 9.17) is 9.15 Å². The number of rotatable bonds is 8. The van der Waals surface area contributed by atoms with Gasteiger partial charge in [0.25, 0.3) is 0 Å². The molecular formula is C24H25FO3. The second-order valence-electron chi connectivity index (χ2n) is 7.51. The van der Waals surface area contributed by atoms with E-state index >= 15 is 0 Å². The van der Waals surface area contributed by atoms with E-state index < -0.39 is 0 Å². The predicted molar refractivity (Wildman–Crippen MR) is 107 cm³/mol. The minimum Gasteiger partial charge on any atom is -0.466 e. The molecule has 0 radical (unpaired) electrons. The molecule has 4 heteroatoms. The zero-order valence-corrected chi connectivity index (χ0v) is 16.1. The van der Waals surface area contributed by atoms with Crippen LogP contribution in [0.2, 0.25) is 0 Å². The van der Waals surface area contributed by atoms with Crippen LogP contribution in [-0.4, -0.2) is 12.6 Å². The van der Waals surface area contributed by atoms with E-state index in [0.29, 0.717) is 6.61 Å². The van der Waals surface area contributed by atoms with E-state index in [9.17, 15) is 9.18 Å². The van der Waals surface area contributed by atoms with Crippen LogP contribution in [0, 0.1) is 11.7 Å². The van der Waals surface area contributed by atoms with Crippen LogP contribution in [0.5, 0.6) is 0 Å². The number of hydrogen-bond donors (Lipinski definition) is 0. The Balaban J connectivity index is 1.37. The van der Waals surface area contributed by atoms with Gasteiger partial charge in [-0.25, -0.2) is 4.39 Å². The lowest BCUT2D eigenvalue weighted by Crippen LogP contribution is -2.07. The molecule has 0 unspecified atom stereocenters. The SMILES string of the molecule is CCOC(=O)[C@@H]1C[C@H]1c1cccc2oc(CCCCc3ccc(F)cc3)cc12. The molecular weight excluding hydrogens is 355 g/mol. The fourth-order valence-corrected chi connectivity index (χ4v) is 3.91. The smallest absolute Gasteiger partial charge is 0.309 e. The van der Waals surface area contributed by atoms with Crippen LogP contribution in [0.3, 0.4) is 0 Å². The number of carbonyl (C=O) groups excluding carboxylic acids is 1. The number of hydrogen-bond acceptors (Lipinski definition) is 3. The van der Waals surface area contributed by atoms with E-state index in [2.05, 4.69) is 12.1 Å². The second kappa shape index (κ2) is 8.17. The Labute approximate surface area is 164 Å². The Hall–Kier alpha value is -2.62. The summed E-state index contributed by atoms with van der Waals surface area (Å²) in [5.41, 5.74) is 3.24. The predicted octanol–water partition coefficient (Wildman–Crippen LogP) is 5.80. The van der Waals surface area contributed by atoms with Crippen molar-refractivity contribution >= 4 is 16.9 Å². The van der Waals surface area contributed by atoms with Crippen molar-refractivity contribution in [2.45, 2.75) is 44.9 Å². The van der Waals surface area contributed by atoms with E-state index in [1.807, 2.05) is 31.2 Å². The normalized spacial score (nSPS) is 18.4. The van der Waals surface area contributed by atoms with Gasteiger partial charge in [-0.15, -0.1) is 0 Å². The average molecular weight is 380 g/mol. The highest BCUT2D eigenvalue weighted by Gasteiger charge is 2.45. The summed E-state index contributed by atoms with van der Waals surface area (Å²) in [7, 11) is 0. The first-order valence-corrected chi connectivity index (χ1v) is 10.1. The van der Waals surface area contributed by atoms with E-state index in [-0.39, 0.29) is 23.6 Å². The van der Waals surface area contributed by atoms with Gasteiger partial charge < -0.3 is 9.15 Å². The van der Waals surface area contributed by atoms with Crippen molar-refractivity contribution in [3.8, 4) is 0 Å². The highest BCUT2D eigenvalue weighted by Crippen LogP contribution is 2.50. The number of carbonyl (C=O) groups is 1. The molecule has 1 fully saturated rings. The van der Waals surface area contributed by atoms with Crippen molar-refractivity contribution in [1.82, 2.24) is 0 Å². The third-order valence-electron chi connectivity index (χ3n) is 5.48. The molecule has 4 rings (SSSR count). The molecule has 0 saturated heterocycles. The Morgan fingerprint density at radius 2 is 1.93 bits per heavy atom. The van der Waals surface area contributed by atoms with Gasteiger partial charge in [0, 0.05) is 11.8 Å². The highest BCUT2D eigenvalue weighted by atomic mass is 19.1. The number of esters is 1. The first-order chi connectivity index (χ1) is 13.7. The average Bonchev–Trinajstić information content (AvgIpc) is 3.38. The summed E-state index contributed by atoms with van der Waals surface area (Å²) in [6, 6.07) is 14.9. The maximum absolute atomic E-state index is 13.0. The monoisotopic (exact) mass is 380 g/mol. The molecule has 1 aromatic heterocycles. The number of aryl methyl sites for hydroxylation is 2. The largest absolute Gasteiger partial charge is 0.466 e. The maximum atomic E-state index is 13.0. The Kier molecular flexibility index (Phi) is 5.47. The molecule has 0 bridgehead atoms. The molecule has 2 atom stereocenters. The summed E-state index contributed by atoms with van der Waals surface area (Å²) in [5.74, 6) is 0.929. The molecule has 1 saturated carbocycles. The van der Waals surface area contributed by atoms with Crippen molar-refractivity contribution in [1.29, 1.82) is 0 Å². The minimum absolute atomic E-state index is 0.0143. The molecule has 0 N–H and O–H groups in total. The van der Waals surface area contributed by atoms with Gasteiger partial charge in [0.2, 0.25) is 0 Å². The van der Waals surface area contributed by atoms with Crippen LogP contribution in [0.1, 0.15) is 49.0 Å². The third-order valence-corrected chi connectivity index (χ3v) is 5.48. The van der Waals surface area contributed by atoms with Crippen molar-refractivity contribution in [2.75, 3.05) is 6.61 Å². The maximum Gasteiger partial charge on any atom is 0.309 e. The number of halogens is 1. The summed E-state index contributed by atoms with van der Waals surface area (Å²) >= 11 is 0. The van der Waals surface area contributed by atoms with Gasteiger partial charge >= 0.3 is 5.97 Å². The number of unbranched alkanes of at least 4 members (excludes halogenated alkanes) is 1. The molecule has 3 nitrogen and oxygen atoms in total. The van der Waals surface area contributed by atoms with E-state index in [1.54, 1.807) is 0 Å². The molecule has 0 amide bonds. The van der Waals surface area contributed by atoms with Gasteiger partial charge in [-0.2, -0.15) is 0 Å². The Morgan fingerprint density at radius 3 is 2.71 bits per heavy atom. The van der Waals surface area contributed by atoms with Gasteiger partial charge in [-0.05, 0) is 73.9 Å². The molecule has 28 heavy (non-hydrogen) atoms. The van der Waals surface area contributed by atoms with Crippen molar-refractivity contribution in [2.24, 2.45) is 5.92 Å². The van der Waals surface area contributed by atoms with Crippen LogP contribution in [0.4, 0.5) is 4.39 Å². The first-order valence-electron chi connectivity index (χ1n) is 10.1. The molecule has 3 aromatic rings. The van der Waals surface area contributed by atoms with Gasteiger partial charge in [-0.1, -0.05) is 24.3 Å². The number of ether oxygens (including phenoxy) is 1. The van der Waals surface area contributed by atoms with E-state index in [1.165, 1.54) is 17.7 Å². The zero-order valence-electron chi connectivity index (χ0n) is 16.1. The van der Waals surface area contributed by atoms with Crippen LogP contribution in [0.15, 0.2) is 52.9 Å². The van der Waals surface area contributed by atoms with Crippen molar-refractivity contribution in [3.05, 3.63) is 71.2 Å². The first kappa shape index (κ1) is 18.7. The molecule has 146 valence electrons.